The van der Waals surface area contributed by atoms with Crippen molar-refractivity contribution in [1.82, 2.24) is 14.8 Å². The Morgan fingerprint density at radius 1 is 1.26 bits per heavy atom. The highest BCUT2D eigenvalue weighted by Crippen LogP contribution is 2.29. The van der Waals surface area contributed by atoms with Gasteiger partial charge < -0.3 is 9.15 Å². The Labute approximate surface area is 157 Å². The van der Waals surface area contributed by atoms with E-state index < -0.39 is 5.56 Å². The molecule has 8 heteroatoms. The summed E-state index contributed by atoms with van der Waals surface area (Å²) in [5.74, 6) is 0.944. The van der Waals surface area contributed by atoms with Crippen LogP contribution < -0.4 is 10.3 Å². The number of rotatable bonds is 5. The number of aryl methyl sites for hydroxylation is 1. The van der Waals surface area contributed by atoms with Crippen LogP contribution in [0.4, 0.5) is 0 Å². The molecule has 0 aliphatic carbocycles. The number of methoxy groups -OCH3 is 1. The number of carbonyl (C=O) groups is 1. The molecule has 1 aromatic carbocycles. The quantitative estimate of drug-likeness (QED) is 0.493. The van der Waals surface area contributed by atoms with Gasteiger partial charge in [0.25, 0.3) is 5.56 Å². The number of aromatic nitrogens is 3. The summed E-state index contributed by atoms with van der Waals surface area (Å²) in [6.07, 6.45) is 1.54. The van der Waals surface area contributed by atoms with E-state index in [-0.39, 0.29) is 12.3 Å². The van der Waals surface area contributed by atoms with Crippen LogP contribution in [0.3, 0.4) is 0 Å². The largest absolute Gasteiger partial charge is 0.497 e. The molecule has 0 N–H and O–H groups in total. The fourth-order valence-electron chi connectivity index (χ4n) is 2.75. The first-order valence-corrected chi connectivity index (χ1v) is 8.98. The average molecular weight is 381 g/mol. The SMILES string of the molecule is COc1ccc(C(=O)Cn2nc(-c3ccco3)c3sc(C)nc3c2=O)cc1. The minimum Gasteiger partial charge on any atom is -0.497 e. The van der Waals surface area contributed by atoms with E-state index in [1.165, 1.54) is 17.6 Å². The summed E-state index contributed by atoms with van der Waals surface area (Å²) < 4.78 is 12.3. The molecule has 0 aliphatic heterocycles. The Kier molecular flexibility index (Phi) is 4.33. The van der Waals surface area contributed by atoms with Gasteiger partial charge in [0.05, 0.1) is 23.1 Å². The number of nitrogens with zero attached hydrogens (tertiary/aromatic N) is 3. The second kappa shape index (κ2) is 6.81. The molecule has 0 amide bonds. The molecule has 0 unspecified atom stereocenters. The Morgan fingerprint density at radius 2 is 2.04 bits per heavy atom. The topological polar surface area (TPSA) is 87.2 Å². The number of hydrogen-bond donors (Lipinski definition) is 0. The number of ketones is 1. The number of carbonyl (C=O) groups excluding carboxylic acids is 1. The molecule has 27 heavy (non-hydrogen) atoms. The van der Waals surface area contributed by atoms with Crippen LogP contribution in [-0.4, -0.2) is 27.7 Å². The van der Waals surface area contributed by atoms with E-state index in [0.717, 1.165) is 9.69 Å². The summed E-state index contributed by atoms with van der Waals surface area (Å²) >= 11 is 1.37. The lowest BCUT2D eigenvalue weighted by Gasteiger charge is -2.07. The highest BCUT2D eigenvalue weighted by atomic mass is 32.1. The molecule has 0 fully saturated rings. The Balaban J connectivity index is 1.78. The molecule has 0 bridgehead atoms. The summed E-state index contributed by atoms with van der Waals surface area (Å²) in [5.41, 5.74) is 0.870. The number of furan rings is 1. The highest BCUT2D eigenvalue weighted by molar-refractivity contribution is 7.19. The van der Waals surface area contributed by atoms with E-state index in [9.17, 15) is 9.59 Å². The standard InChI is InChI=1S/C19H15N3O4S/c1-11-20-17-18(27-11)16(15-4-3-9-26-15)21-22(19(17)24)10-14(23)12-5-7-13(25-2)8-6-12/h3-9H,10H2,1-2H3. The van der Waals surface area contributed by atoms with Crippen molar-refractivity contribution in [3.63, 3.8) is 0 Å². The summed E-state index contributed by atoms with van der Waals surface area (Å²) in [5, 5.41) is 5.14. The van der Waals surface area contributed by atoms with Gasteiger partial charge in [0, 0.05) is 5.56 Å². The third-order valence-corrected chi connectivity index (χ3v) is 5.04. The van der Waals surface area contributed by atoms with Gasteiger partial charge in [-0.1, -0.05) is 0 Å². The van der Waals surface area contributed by atoms with Gasteiger partial charge in [-0.2, -0.15) is 5.10 Å². The first-order valence-electron chi connectivity index (χ1n) is 8.16. The number of benzene rings is 1. The van der Waals surface area contributed by atoms with Crippen LogP contribution in [0.1, 0.15) is 15.4 Å². The van der Waals surface area contributed by atoms with Crippen molar-refractivity contribution in [3.8, 4) is 17.2 Å². The van der Waals surface area contributed by atoms with E-state index in [2.05, 4.69) is 10.1 Å². The molecule has 0 saturated carbocycles. The first-order chi connectivity index (χ1) is 13.1. The molecule has 4 rings (SSSR count). The van der Waals surface area contributed by atoms with Crippen LogP contribution in [0.15, 0.2) is 51.9 Å². The second-order valence-electron chi connectivity index (χ2n) is 5.85. The van der Waals surface area contributed by atoms with Gasteiger partial charge in [0.2, 0.25) is 0 Å². The molecule has 3 aromatic heterocycles. The van der Waals surface area contributed by atoms with E-state index in [4.69, 9.17) is 9.15 Å². The fourth-order valence-corrected chi connectivity index (χ4v) is 3.65. The molecule has 0 radical (unpaired) electrons. The van der Waals surface area contributed by atoms with Gasteiger partial charge in [-0.05, 0) is 43.3 Å². The summed E-state index contributed by atoms with van der Waals surface area (Å²) in [6, 6.07) is 10.2. The number of Topliss-reactive ketones (excluding diaryl/α,β-unsaturated/α-hetero) is 1. The molecular formula is C19H15N3O4S. The first kappa shape index (κ1) is 17.2. The maximum absolute atomic E-state index is 12.8. The van der Waals surface area contributed by atoms with Crippen molar-refractivity contribution < 1.29 is 13.9 Å². The molecule has 4 aromatic rings. The van der Waals surface area contributed by atoms with Gasteiger partial charge in [-0.25, -0.2) is 9.67 Å². The minimum atomic E-state index is -0.397. The van der Waals surface area contributed by atoms with E-state index in [1.54, 1.807) is 43.5 Å². The van der Waals surface area contributed by atoms with Gasteiger partial charge in [0.1, 0.15) is 18.0 Å². The number of thiazole rings is 1. The fraction of sp³-hybridized carbons (Fsp3) is 0.158. The highest BCUT2D eigenvalue weighted by Gasteiger charge is 2.19. The van der Waals surface area contributed by atoms with E-state index >= 15 is 0 Å². The van der Waals surface area contributed by atoms with Crippen LogP contribution in [0.25, 0.3) is 21.7 Å². The number of fused-ring (bicyclic) bond motifs is 1. The van der Waals surface area contributed by atoms with Gasteiger partial charge in [-0.3, -0.25) is 9.59 Å². The lowest BCUT2D eigenvalue weighted by atomic mass is 10.1. The van der Waals surface area contributed by atoms with Crippen LogP contribution in [-0.2, 0) is 6.54 Å². The summed E-state index contributed by atoms with van der Waals surface area (Å²) in [4.78, 5) is 29.7. The maximum atomic E-state index is 12.8. The molecule has 0 spiro atoms. The summed E-state index contributed by atoms with van der Waals surface area (Å²) in [6.45, 7) is 1.63. The van der Waals surface area contributed by atoms with Crippen LogP contribution in [0, 0.1) is 6.92 Å². The Bertz CT molecular complexity index is 1170. The molecule has 136 valence electrons. The van der Waals surface area contributed by atoms with Crippen molar-refractivity contribution in [1.29, 1.82) is 0 Å². The Hall–Kier alpha value is -3.26. The zero-order chi connectivity index (χ0) is 19.0. The van der Waals surface area contributed by atoms with Crippen molar-refractivity contribution in [3.05, 3.63) is 63.6 Å². The molecule has 0 aliphatic rings. The van der Waals surface area contributed by atoms with Crippen molar-refractivity contribution >= 4 is 27.3 Å². The Morgan fingerprint density at radius 3 is 2.70 bits per heavy atom. The van der Waals surface area contributed by atoms with Crippen molar-refractivity contribution in [2.45, 2.75) is 13.5 Å². The molecule has 0 atom stereocenters. The predicted molar refractivity (Wildman–Crippen MR) is 101 cm³/mol. The lowest BCUT2D eigenvalue weighted by molar-refractivity contribution is 0.0966. The van der Waals surface area contributed by atoms with Crippen LogP contribution in [0.2, 0.25) is 0 Å². The minimum absolute atomic E-state index is 0.189. The van der Waals surface area contributed by atoms with Crippen molar-refractivity contribution in [2.24, 2.45) is 0 Å². The molecule has 0 saturated heterocycles. The maximum Gasteiger partial charge on any atom is 0.294 e. The number of hydrogen-bond acceptors (Lipinski definition) is 7. The average Bonchev–Trinajstić information content (AvgIpc) is 3.34. The predicted octanol–water partition coefficient (Wildman–Crippen LogP) is 3.31. The smallest absolute Gasteiger partial charge is 0.294 e. The number of ether oxygens (including phenoxy) is 1. The molecular weight excluding hydrogens is 366 g/mol. The van der Waals surface area contributed by atoms with Crippen LogP contribution >= 0.6 is 11.3 Å². The zero-order valence-electron chi connectivity index (χ0n) is 14.6. The molecule has 7 nitrogen and oxygen atoms in total. The monoisotopic (exact) mass is 381 g/mol. The van der Waals surface area contributed by atoms with E-state index in [1.807, 2.05) is 6.92 Å². The van der Waals surface area contributed by atoms with E-state index in [0.29, 0.717) is 33.0 Å². The van der Waals surface area contributed by atoms with Gasteiger partial charge >= 0.3 is 0 Å². The van der Waals surface area contributed by atoms with Gasteiger partial charge in [-0.15, -0.1) is 11.3 Å². The normalized spacial score (nSPS) is 11.0. The van der Waals surface area contributed by atoms with Crippen molar-refractivity contribution in [2.75, 3.05) is 7.11 Å². The lowest BCUT2D eigenvalue weighted by Crippen LogP contribution is -2.27. The molecule has 3 heterocycles. The zero-order valence-corrected chi connectivity index (χ0v) is 15.4. The second-order valence-corrected chi connectivity index (χ2v) is 7.05. The third-order valence-electron chi connectivity index (χ3n) is 4.07. The summed E-state index contributed by atoms with van der Waals surface area (Å²) in [7, 11) is 1.56. The van der Waals surface area contributed by atoms with Crippen LogP contribution in [0.5, 0.6) is 5.75 Å². The van der Waals surface area contributed by atoms with Gasteiger partial charge in [0.15, 0.2) is 17.1 Å². The third kappa shape index (κ3) is 3.15.